The summed E-state index contributed by atoms with van der Waals surface area (Å²) >= 11 is 3.39. The van der Waals surface area contributed by atoms with Crippen LogP contribution in [0.25, 0.3) is 0 Å². The quantitative estimate of drug-likeness (QED) is 0.642. The van der Waals surface area contributed by atoms with Crippen LogP contribution in [-0.4, -0.2) is 31.8 Å². The minimum Gasteiger partial charge on any atom is -0.494 e. The van der Waals surface area contributed by atoms with Crippen LogP contribution in [0.3, 0.4) is 0 Å². The number of anilines is 1. The summed E-state index contributed by atoms with van der Waals surface area (Å²) in [5, 5.41) is 2.90. The lowest BCUT2D eigenvalue weighted by molar-refractivity contribution is -0.121. The molecule has 0 aromatic heterocycles. The Hall–Kier alpha value is -2.54. The van der Waals surface area contributed by atoms with Crippen LogP contribution < -0.4 is 15.0 Å². The topological polar surface area (TPSA) is 67.9 Å². The third kappa shape index (κ3) is 5.72. The molecule has 2 aromatic carbocycles. The van der Waals surface area contributed by atoms with Gasteiger partial charge in [0.1, 0.15) is 12.4 Å². The van der Waals surface area contributed by atoms with Gasteiger partial charge in [0.05, 0.1) is 13.2 Å². The molecule has 0 atom stereocenters. The minimum atomic E-state index is -0.332. The van der Waals surface area contributed by atoms with E-state index in [2.05, 4.69) is 21.2 Å². The first-order valence-corrected chi connectivity index (χ1v) is 9.59. The Morgan fingerprint density at radius 1 is 1.22 bits per heavy atom. The fourth-order valence-corrected chi connectivity index (χ4v) is 3.11. The lowest BCUT2D eigenvalue weighted by atomic mass is 10.2. The molecule has 1 fully saturated rings. The van der Waals surface area contributed by atoms with Gasteiger partial charge in [0.15, 0.2) is 0 Å². The standard InChI is InChI=1S/C20H21BrN2O4/c21-16-5-2-7-18(13-16)26-10-3-8-19(24)22-14-15-4-1-6-17(12-15)23-9-11-27-20(23)25/h1-2,4-7,12-13H,3,8-11,14H2,(H,22,24). The monoisotopic (exact) mass is 432 g/mol. The summed E-state index contributed by atoms with van der Waals surface area (Å²) in [6, 6.07) is 15.2. The summed E-state index contributed by atoms with van der Waals surface area (Å²) in [5.74, 6) is 0.751. The highest BCUT2D eigenvalue weighted by Crippen LogP contribution is 2.20. The van der Waals surface area contributed by atoms with Gasteiger partial charge in [0, 0.05) is 23.1 Å². The van der Waals surface area contributed by atoms with Crippen molar-refractivity contribution < 1.29 is 19.1 Å². The van der Waals surface area contributed by atoms with Crippen LogP contribution in [0.4, 0.5) is 10.5 Å². The van der Waals surface area contributed by atoms with Crippen LogP contribution in [0, 0.1) is 0 Å². The molecule has 0 unspecified atom stereocenters. The maximum absolute atomic E-state index is 12.0. The number of halogens is 1. The van der Waals surface area contributed by atoms with Gasteiger partial charge in [-0.2, -0.15) is 0 Å². The third-order valence-corrected chi connectivity index (χ3v) is 4.58. The van der Waals surface area contributed by atoms with Crippen molar-refractivity contribution in [2.24, 2.45) is 0 Å². The Balaban J connectivity index is 1.39. The van der Waals surface area contributed by atoms with E-state index in [0.29, 0.717) is 39.1 Å². The Morgan fingerprint density at radius 3 is 2.85 bits per heavy atom. The molecule has 6 nitrogen and oxygen atoms in total. The number of benzene rings is 2. The normalized spacial score (nSPS) is 13.4. The van der Waals surface area contributed by atoms with E-state index in [-0.39, 0.29) is 12.0 Å². The van der Waals surface area contributed by atoms with Crippen LogP contribution in [0.1, 0.15) is 18.4 Å². The van der Waals surface area contributed by atoms with Gasteiger partial charge in [0.25, 0.3) is 0 Å². The molecule has 1 N–H and O–H groups in total. The van der Waals surface area contributed by atoms with E-state index >= 15 is 0 Å². The number of carbonyl (C=O) groups excluding carboxylic acids is 2. The first-order valence-electron chi connectivity index (χ1n) is 8.80. The van der Waals surface area contributed by atoms with Gasteiger partial charge in [0.2, 0.25) is 5.91 Å². The molecule has 0 bridgehead atoms. The summed E-state index contributed by atoms with van der Waals surface area (Å²) in [4.78, 5) is 25.2. The smallest absolute Gasteiger partial charge is 0.414 e. The summed E-state index contributed by atoms with van der Waals surface area (Å²) in [6.45, 7) is 1.85. The van der Waals surface area contributed by atoms with Gasteiger partial charge in [-0.15, -0.1) is 0 Å². The highest BCUT2D eigenvalue weighted by atomic mass is 79.9. The zero-order valence-corrected chi connectivity index (χ0v) is 16.4. The largest absolute Gasteiger partial charge is 0.494 e. The molecule has 142 valence electrons. The molecule has 0 saturated carbocycles. The van der Waals surface area contributed by atoms with Gasteiger partial charge in [-0.05, 0) is 42.3 Å². The van der Waals surface area contributed by atoms with Crippen LogP contribution in [0.2, 0.25) is 0 Å². The molecular formula is C20H21BrN2O4. The molecule has 3 rings (SSSR count). The molecular weight excluding hydrogens is 412 g/mol. The van der Waals surface area contributed by atoms with Gasteiger partial charge in [-0.3, -0.25) is 9.69 Å². The Labute approximate surface area is 166 Å². The van der Waals surface area contributed by atoms with E-state index in [1.54, 1.807) is 4.90 Å². The highest BCUT2D eigenvalue weighted by molar-refractivity contribution is 9.10. The van der Waals surface area contributed by atoms with Gasteiger partial charge < -0.3 is 14.8 Å². The summed E-state index contributed by atoms with van der Waals surface area (Å²) in [7, 11) is 0. The molecule has 0 spiro atoms. The molecule has 27 heavy (non-hydrogen) atoms. The average Bonchev–Trinajstić information content (AvgIpc) is 3.10. The number of ether oxygens (including phenoxy) is 2. The van der Waals surface area contributed by atoms with E-state index < -0.39 is 0 Å². The molecule has 1 heterocycles. The third-order valence-electron chi connectivity index (χ3n) is 4.09. The van der Waals surface area contributed by atoms with Crippen LogP contribution in [0.5, 0.6) is 5.75 Å². The number of nitrogens with one attached hydrogen (secondary N) is 1. The Morgan fingerprint density at radius 2 is 2.07 bits per heavy atom. The number of hydrogen-bond acceptors (Lipinski definition) is 4. The van der Waals surface area contributed by atoms with Crippen molar-refractivity contribution in [1.29, 1.82) is 0 Å². The maximum atomic E-state index is 12.0. The average molecular weight is 433 g/mol. The predicted octanol–water partition coefficient (Wildman–Crippen LogP) is 3.88. The lowest BCUT2D eigenvalue weighted by Gasteiger charge is -2.14. The second-order valence-corrected chi connectivity index (χ2v) is 7.04. The lowest BCUT2D eigenvalue weighted by Crippen LogP contribution is -2.25. The SMILES string of the molecule is O=C(CCCOc1cccc(Br)c1)NCc1cccc(N2CCOC2=O)c1. The summed E-state index contributed by atoms with van der Waals surface area (Å²) in [6.07, 6.45) is 0.700. The zero-order valence-electron chi connectivity index (χ0n) is 14.8. The van der Waals surface area contributed by atoms with Crippen molar-refractivity contribution in [2.75, 3.05) is 24.7 Å². The first kappa shape index (κ1) is 19.2. The van der Waals surface area contributed by atoms with Gasteiger partial charge in [-0.25, -0.2) is 4.79 Å². The predicted molar refractivity (Wildman–Crippen MR) is 106 cm³/mol. The van der Waals surface area contributed by atoms with E-state index in [1.807, 2.05) is 48.5 Å². The zero-order chi connectivity index (χ0) is 19.1. The van der Waals surface area contributed by atoms with Crippen LogP contribution >= 0.6 is 15.9 Å². The fourth-order valence-electron chi connectivity index (χ4n) is 2.73. The maximum Gasteiger partial charge on any atom is 0.414 e. The molecule has 2 amide bonds. The number of carbonyl (C=O) groups is 2. The number of nitrogens with zero attached hydrogens (tertiary/aromatic N) is 1. The van der Waals surface area contributed by atoms with Crippen molar-refractivity contribution in [2.45, 2.75) is 19.4 Å². The van der Waals surface area contributed by atoms with Crippen molar-refractivity contribution >= 4 is 33.6 Å². The summed E-state index contributed by atoms with van der Waals surface area (Å²) < 4.78 is 11.5. The van der Waals surface area contributed by atoms with Crippen LogP contribution in [0.15, 0.2) is 53.0 Å². The molecule has 0 radical (unpaired) electrons. The molecule has 2 aromatic rings. The van der Waals surface area contributed by atoms with E-state index in [9.17, 15) is 9.59 Å². The Bertz CT molecular complexity index is 812. The van der Waals surface area contributed by atoms with Crippen molar-refractivity contribution in [1.82, 2.24) is 5.32 Å². The number of rotatable bonds is 8. The fraction of sp³-hybridized carbons (Fsp3) is 0.300. The number of cyclic esters (lactones) is 1. The number of amides is 2. The van der Waals surface area contributed by atoms with Gasteiger partial charge >= 0.3 is 6.09 Å². The van der Waals surface area contributed by atoms with E-state index in [0.717, 1.165) is 21.5 Å². The van der Waals surface area contributed by atoms with Gasteiger partial charge in [-0.1, -0.05) is 34.1 Å². The van der Waals surface area contributed by atoms with Crippen LogP contribution in [-0.2, 0) is 16.1 Å². The van der Waals surface area contributed by atoms with E-state index in [1.165, 1.54) is 0 Å². The summed E-state index contributed by atoms with van der Waals surface area (Å²) in [5.41, 5.74) is 1.72. The molecule has 7 heteroatoms. The minimum absolute atomic E-state index is 0.0289. The number of hydrogen-bond donors (Lipinski definition) is 1. The molecule has 1 aliphatic rings. The Kier molecular flexibility index (Phi) is 6.70. The molecule has 1 saturated heterocycles. The highest BCUT2D eigenvalue weighted by Gasteiger charge is 2.23. The molecule has 0 aliphatic carbocycles. The second kappa shape index (κ2) is 9.41. The van der Waals surface area contributed by atoms with Crippen molar-refractivity contribution in [3.8, 4) is 5.75 Å². The molecule has 1 aliphatic heterocycles. The second-order valence-electron chi connectivity index (χ2n) is 6.12. The van der Waals surface area contributed by atoms with Crippen molar-refractivity contribution in [3.63, 3.8) is 0 Å². The van der Waals surface area contributed by atoms with Crippen molar-refractivity contribution in [3.05, 3.63) is 58.6 Å². The van der Waals surface area contributed by atoms with E-state index in [4.69, 9.17) is 9.47 Å². The first-order chi connectivity index (χ1) is 13.1.